The first-order valence-electron chi connectivity index (χ1n) is 8.25. The molecule has 27 heavy (non-hydrogen) atoms. The molecular formula is C21H17FN2O3. The van der Waals surface area contributed by atoms with Crippen LogP contribution in [-0.2, 0) is 4.79 Å². The van der Waals surface area contributed by atoms with Crippen molar-refractivity contribution in [2.24, 2.45) is 0 Å². The summed E-state index contributed by atoms with van der Waals surface area (Å²) in [6.45, 7) is -0.170. The van der Waals surface area contributed by atoms with Gasteiger partial charge in [0.2, 0.25) is 0 Å². The molecule has 2 N–H and O–H groups in total. The number of amides is 2. The number of hydrogen-bond donors (Lipinski definition) is 2. The first-order valence-corrected chi connectivity index (χ1v) is 8.25. The highest BCUT2D eigenvalue weighted by molar-refractivity contribution is 6.04. The van der Waals surface area contributed by atoms with Crippen LogP contribution in [0.1, 0.15) is 10.4 Å². The second-order valence-corrected chi connectivity index (χ2v) is 5.70. The largest absolute Gasteiger partial charge is 0.484 e. The number of hydrogen-bond acceptors (Lipinski definition) is 3. The topological polar surface area (TPSA) is 67.4 Å². The minimum absolute atomic E-state index is 0.170. The highest BCUT2D eigenvalue weighted by Crippen LogP contribution is 2.18. The minimum atomic E-state index is -0.482. The van der Waals surface area contributed by atoms with Crippen LogP contribution in [0.15, 0.2) is 78.9 Å². The number of rotatable bonds is 6. The third-order valence-corrected chi connectivity index (χ3v) is 3.61. The Morgan fingerprint density at radius 1 is 0.815 bits per heavy atom. The zero-order valence-electron chi connectivity index (χ0n) is 14.3. The van der Waals surface area contributed by atoms with Gasteiger partial charge in [-0.15, -0.1) is 0 Å². The molecule has 3 aromatic rings. The van der Waals surface area contributed by atoms with Crippen LogP contribution in [-0.4, -0.2) is 18.4 Å². The molecule has 136 valence electrons. The fourth-order valence-electron chi connectivity index (χ4n) is 2.36. The normalized spacial score (nSPS) is 10.1. The maximum Gasteiger partial charge on any atom is 0.262 e. The van der Waals surface area contributed by atoms with Gasteiger partial charge < -0.3 is 15.4 Å². The van der Waals surface area contributed by atoms with Gasteiger partial charge in [0, 0.05) is 23.0 Å². The number of carbonyl (C=O) groups excluding carboxylic acids is 2. The standard InChI is InChI=1S/C21H17FN2O3/c22-16-7-4-6-15(12-16)21(26)24-18-10-5-11-19(13-18)27-14-20(25)23-17-8-2-1-3-9-17/h1-13H,14H2,(H,23,25)(H,24,26). The second kappa shape index (κ2) is 8.62. The van der Waals surface area contributed by atoms with E-state index in [-0.39, 0.29) is 18.1 Å². The Balaban J connectivity index is 1.57. The molecule has 3 aromatic carbocycles. The zero-order chi connectivity index (χ0) is 19.1. The van der Waals surface area contributed by atoms with Crippen LogP contribution in [0.2, 0.25) is 0 Å². The van der Waals surface area contributed by atoms with Crippen LogP contribution in [0.25, 0.3) is 0 Å². The van der Waals surface area contributed by atoms with Crippen molar-refractivity contribution < 1.29 is 18.7 Å². The first-order chi connectivity index (χ1) is 13.1. The number of halogens is 1. The van der Waals surface area contributed by atoms with E-state index >= 15 is 0 Å². The Hall–Kier alpha value is -3.67. The lowest BCUT2D eigenvalue weighted by molar-refractivity contribution is -0.118. The molecular weight excluding hydrogens is 347 g/mol. The van der Waals surface area contributed by atoms with Gasteiger partial charge in [-0.3, -0.25) is 9.59 Å². The monoisotopic (exact) mass is 364 g/mol. The fourth-order valence-corrected chi connectivity index (χ4v) is 2.36. The molecule has 0 heterocycles. The van der Waals surface area contributed by atoms with Crippen LogP contribution < -0.4 is 15.4 Å². The third-order valence-electron chi connectivity index (χ3n) is 3.61. The lowest BCUT2D eigenvalue weighted by atomic mass is 10.2. The van der Waals surface area contributed by atoms with E-state index in [4.69, 9.17) is 4.74 Å². The van der Waals surface area contributed by atoms with E-state index in [1.165, 1.54) is 18.2 Å². The number of anilines is 2. The van der Waals surface area contributed by atoms with Crippen LogP contribution >= 0.6 is 0 Å². The molecule has 3 rings (SSSR count). The molecule has 0 unspecified atom stereocenters. The van der Waals surface area contributed by atoms with Crippen molar-refractivity contribution in [3.63, 3.8) is 0 Å². The van der Waals surface area contributed by atoms with Crippen molar-refractivity contribution in [2.45, 2.75) is 0 Å². The lowest BCUT2D eigenvalue weighted by Crippen LogP contribution is -2.20. The summed E-state index contributed by atoms with van der Waals surface area (Å²) >= 11 is 0. The Morgan fingerprint density at radius 2 is 1.56 bits per heavy atom. The predicted molar refractivity (Wildman–Crippen MR) is 101 cm³/mol. The van der Waals surface area contributed by atoms with Crippen LogP contribution in [0, 0.1) is 5.82 Å². The van der Waals surface area contributed by atoms with Gasteiger partial charge in [0.15, 0.2) is 6.61 Å². The second-order valence-electron chi connectivity index (χ2n) is 5.70. The Labute approximate surface area is 155 Å². The van der Waals surface area contributed by atoms with E-state index in [0.717, 1.165) is 6.07 Å². The summed E-state index contributed by atoms with van der Waals surface area (Å²) in [6.07, 6.45) is 0. The van der Waals surface area contributed by atoms with E-state index in [2.05, 4.69) is 10.6 Å². The average Bonchev–Trinajstić information content (AvgIpc) is 2.67. The Morgan fingerprint density at radius 3 is 2.33 bits per heavy atom. The number of benzene rings is 3. The molecule has 0 aliphatic rings. The molecule has 5 nitrogen and oxygen atoms in total. The highest BCUT2D eigenvalue weighted by atomic mass is 19.1. The fraction of sp³-hybridized carbons (Fsp3) is 0.0476. The van der Waals surface area contributed by atoms with E-state index in [1.54, 1.807) is 36.4 Å². The van der Waals surface area contributed by atoms with Gasteiger partial charge in [-0.1, -0.05) is 30.3 Å². The van der Waals surface area contributed by atoms with Crippen molar-refractivity contribution in [3.05, 3.63) is 90.2 Å². The van der Waals surface area contributed by atoms with Gasteiger partial charge in [-0.05, 0) is 42.5 Å². The smallest absolute Gasteiger partial charge is 0.262 e. The molecule has 2 amide bonds. The van der Waals surface area contributed by atoms with Crippen molar-refractivity contribution in [1.82, 2.24) is 0 Å². The molecule has 0 saturated heterocycles. The summed E-state index contributed by atoms with van der Waals surface area (Å²) in [5, 5.41) is 5.38. The summed E-state index contributed by atoms with van der Waals surface area (Å²) in [7, 11) is 0. The quantitative estimate of drug-likeness (QED) is 0.692. The molecule has 0 aromatic heterocycles. The first kappa shape index (κ1) is 18.1. The maximum atomic E-state index is 13.2. The highest BCUT2D eigenvalue weighted by Gasteiger charge is 2.08. The average molecular weight is 364 g/mol. The maximum absolute atomic E-state index is 13.2. The molecule has 0 bridgehead atoms. The van der Waals surface area contributed by atoms with Gasteiger partial charge in [0.25, 0.3) is 11.8 Å². The molecule has 6 heteroatoms. The number of nitrogens with one attached hydrogen (secondary N) is 2. The summed E-state index contributed by atoms with van der Waals surface area (Å²) in [5.74, 6) is -0.789. The molecule has 0 fully saturated rings. The van der Waals surface area contributed by atoms with Crippen molar-refractivity contribution in [1.29, 1.82) is 0 Å². The molecule has 0 aliphatic carbocycles. The molecule has 0 radical (unpaired) electrons. The van der Waals surface area contributed by atoms with E-state index < -0.39 is 11.7 Å². The SMILES string of the molecule is O=C(COc1cccc(NC(=O)c2cccc(F)c2)c1)Nc1ccccc1. The van der Waals surface area contributed by atoms with Gasteiger partial charge in [-0.25, -0.2) is 4.39 Å². The van der Waals surface area contributed by atoms with Gasteiger partial charge in [0.05, 0.1) is 0 Å². The predicted octanol–water partition coefficient (Wildman–Crippen LogP) is 4.10. The summed E-state index contributed by atoms with van der Waals surface area (Å²) in [5.41, 5.74) is 1.37. The van der Waals surface area contributed by atoms with Gasteiger partial charge in [-0.2, -0.15) is 0 Å². The van der Waals surface area contributed by atoms with Gasteiger partial charge in [0.1, 0.15) is 11.6 Å². The summed E-state index contributed by atoms with van der Waals surface area (Å²) in [6, 6.07) is 21.1. The van der Waals surface area contributed by atoms with E-state index in [1.807, 2.05) is 18.2 Å². The molecule has 0 spiro atoms. The van der Waals surface area contributed by atoms with E-state index in [9.17, 15) is 14.0 Å². The lowest BCUT2D eigenvalue weighted by Gasteiger charge is -2.10. The van der Waals surface area contributed by atoms with Gasteiger partial charge >= 0.3 is 0 Å². The molecule has 0 aliphatic heterocycles. The van der Waals surface area contributed by atoms with Crippen LogP contribution in [0.5, 0.6) is 5.75 Å². The molecule has 0 saturated carbocycles. The number of para-hydroxylation sites is 1. The third kappa shape index (κ3) is 5.40. The minimum Gasteiger partial charge on any atom is -0.484 e. The Kier molecular flexibility index (Phi) is 5.79. The number of carbonyl (C=O) groups is 2. The van der Waals surface area contributed by atoms with Crippen molar-refractivity contribution in [3.8, 4) is 5.75 Å². The summed E-state index contributed by atoms with van der Waals surface area (Å²) < 4.78 is 18.7. The zero-order valence-corrected chi connectivity index (χ0v) is 14.3. The van der Waals surface area contributed by atoms with Crippen molar-refractivity contribution in [2.75, 3.05) is 17.2 Å². The number of ether oxygens (including phenoxy) is 1. The van der Waals surface area contributed by atoms with Crippen molar-refractivity contribution >= 4 is 23.2 Å². The summed E-state index contributed by atoms with van der Waals surface area (Å²) in [4.78, 5) is 24.1. The van der Waals surface area contributed by atoms with Crippen LogP contribution in [0.4, 0.5) is 15.8 Å². The van der Waals surface area contributed by atoms with Crippen LogP contribution in [0.3, 0.4) is 0 Å². The van der Waals surface area contributed by atoms with E-state index in [0.29, 0.717) is 17.1 Å². The Bertz CT molecular complexity index is 945. The molecule has 0 atom stereocenters.